The molecule has 0 aliphatic rings. The Bertz CT molecular complexity index is 889. The number of nitrogens with one attached hydrogen (secondary N) is 1. The summed E-state index contributed by atoms with van der Waals surface area (Å²) in [6, 6.07) is 16.3. The highest BCUT2D eigenvalue weighted by atomic mass is 16.5. The van der Waals surface area contributed by atoms with E-state index >= 15 is 0 Å². The Labute approximate surface area is 142 Å². The maximum atomic E-state index is 8.56. The van der Waals surface area contributed by atoms with E-state index in [0.29, 0.717) is 24.7 Å². The number of benzene rings is 2. The molecule has 2 aromatic carbocycles. The van der Waals surface area contributed by atoms with Crippen LogP contribution in [-0.2, 0) is 13.1 Å². The Morgan fingerprint density at radius 2 is 1.58 bits per heavy atom. The monoisotopic (exact) mass is 323 g/mol. The quantitative estimate of drug-likeness (QED) is 0.733. The molecule has 0 unspecified atom stereocenters. The minimum atomic E-state index is 0.501. The molecule has 1 heterocycles. The van der Waals surface area contributed by atoms with Crippen LogP contribution in [0.2, 0.25) is 0 Å². The SMILES string of the molecule is Cc1ccccc1OCCn1c(=N)n(CC(C)C)c2ccccc21. The van der Waals surface area contributed by atoms with Crippen LogP contribution in [0.15, 0.2) is 48.5 Å². The Balaban J connectivity index is 1.85. The molecule has 0 saturated carbocycles. The van der Waals surface area contributed by atoms with E-state index in [9.17, 15) is 0 Å². The van der Waals surface area contributed by atoms with Crippen molar-refractivity contribution in [2.75, 3.05) is 6.61 Å². The lowest BCUT2D eigenvalue weighted by atomic mass is 10.2. The first-order valence-electron chi connectivity index (χ1n) is 8.49. The second-order valence-electron chi connectivity index (χ2n) is 6.58. The number of para-hydroxylation sites is 3. The normalized spacial score (nSPS) is 11.3. The van der Waals surface area contributed by atoms with Crippen molar-refractivity contribution in [1.82, 2.24) is 9.13 Å². The minimum Gasteiger partial charge on any atom is -0.491 e. The van der Waals surface area contributed by atoms with Gasteiger partial charge in [0.2, 0.25) is 5.62 Å². The Morgan fingerprint density at radius 3 is 2.25 bits per heavy atom. The summed E-state index contributed by atoms with van der Waals surface area (Å²) >= 11 is 0. The fraction of sp³-hybridized carbons (Fsp3) is 0.350. The molecular formula is C20H25N3O. The largest absolute Gasteiger partial charge is 0.491 e. The van der Waals surface area contributed by atoms with Crippen LogP contribution in [0.4, 0.5) is 0 Å². The number of ether oxygens (including phenoxy) is 1. The van der Waals surface area contributed by atoms with Crippen LogP contribution in [0.5, 0.6) is 5.75 Å². The molecule has 1 aromatic heterocycles. The molecule has 0 fully saturated rings. The first-order chi connectivity index (χ1) is 11.6. The Morgan fingerprint density at radius 1 is 0.958 bits per heavy atom. The van der Waals surface area contributed by atoms with Crippen molar-refractivity contribution in [1.29, 1.82) is 5.41 Å². The van der Waals surface area contributed by atoms with Gasteiger partial charge in [0.05, 0.1) is 17.6 Å². The molecule has 1 N–H and O–H groups in total. The summed E-state index contributed by atoms with van der Waals surface area (Å²) in [4.78, 5) is 0. The molecule has 126 valence electrons. The predicted molar refractivity (Wildman–Crippen MR) is 97.3 cm³/mol. The van der Waals surface area contributed by atoms with Crippen LogP contribution in [0, 0.1) is 18.3 Å². The highest BCUT2D eigenvalue weighted by molar-refractivity contribution is 5.75. The van der Waals surface area contributed by atoms with Gasteiger partial charge >= 0.3 is 0 Å². The van der Waals surface area contributed by atoms with E-state index in [2.05, 4.69) is 30.5 Å². The maximum Gasteiger partial charge on any atom is 0.203 e. The lowest BCUT2D eigenvalue weighted by Gasteiger charge is -2.10. The van der Waals surface area contributed by atoms with E-state index in [1.807, 2.05) is 47.9 Å². The molecular weight excluding hydrogens is 298 g/mol. The molecule has 0 saturated heterocycles. The van der Waals surface area contributed by atoms with E-state index in [1.165, 1.54) is 0 Å². The molecule has 4 heteroatoms. The summed E-state index contributed by atoms with van der Waals surface area (Å²) in [7, 11) is 0. The van der Waals surface area contributed by atoms with Crippen molar-refractivity contribution in [3.05, 3.63) is 59.7 Å². The third-order valence-electron chi connectivity index (χ3n) is 4.19. The summed E-state index contributed by atoms with van der Waals surface area (Å²) in [6.07, 6.45) is 0. The van der Waals surface area contributed by atoms with Crippen LogP contribution in [0.3, 0.4) is 0 Å². The van der Waals surface area contributed by atoms with Crippen molar-refractivity contribution >= 4 is 11.0 Å². The maximum absolute atomic E-state index is 8.56. The first kappa shape index (κ1) is 16.4. The number of hydrogen-bond acceptors (Lipinski definition) is 2. The Kier molecular flexibility index (Phi) is 4.74. The molecule has 3 aromatic rings. The molecule has 4 nitrogen and oxygen atoms in total. The van der Waals surface area contributed by atoms with Gasteiger partial charge < -0.3 is 13.9 Å². The lowest BCUT2D eigenvalue weighted by molar-refractivity contribution is 0.294. The minimum absolute atomic E-state index is 0.501. The summed E-state index contributed by atoms with van der Waals surface area (Å²) < 4.78 is 10.1. The zero-order valence-corrected chi connectivity index (χ0v) is 14.6. The van der Waals surface area contributed by atoms with E-state index in [1.54, 1.807) is 0 Å². The van der Waals surface area contributed by atoms with E-state index in [0.717, 1.165) is 28.9 Å². The highest BCUT2D eigenvalue weighted by Gasteiger charge is 2.11. The van der Waals surface area contributed by atoms with Crippen LogP contribution in [-0.4, -0.2) is 15.7 Å². The fourth-order valence-corrected chi connectivity index (χ4v) is 3.04. The van der Waals surface area contributed by atoms with Crippen molar-refractivity contribution in [3.8, 4) is 5.75 Å². The fourth-order valence-electron chi connectivity index (χ4n) is 3.04. The zero-order chi connectivity index (χ0) is 17.1. The number of hydrogen-bond donors (Lipinski definition) is 1. The molecule has 3 rings (SSSR count). The third-order valence-corrected chi connectivity index (χ3v) is 4.19. The average Bonchev–Trinajstić information content (AvgIpc) is 2.82. The van der Waals surface area contributed by atoms with Gasteiger partial charge in [-0.25, -0.2) is 0 Å². The predicted octanol–water partition coefficient (Wildman–Crippen LogP) is 3.97. The number of nitrogens with zero attached hydrogens (tertiary/aromatic N) is 2. The average molecular weight is 323 g/mol. The summed E-state index contributed by atoms with van der Waals surface area (Å²) in [5, 5.41) is 8.56. The van der Waals surface area contributed by atoms with Gasteiger partial charge in [0.15, 0.2) is 0 Å². The zero-order valence-electron chi connectivity index (χ0n) is 14.6. The van der Waals surface area contributed by atoms with E-state index < -0.39 is 0 Å². The summed E-state index contributed by atoms with van der Waals surface area (Å²) in [5.74, 6) is 1.41. The van der Waals surface area contributed by atoms with Gasteiger partial charge in [-0.1, -0.05) is 44.2 Å². The number of imidazole rings is 1. The van der Waals surface area contributed by atoms with E-state index in [-0.39, 0.29) is 0 Å². The Hall–Kier alpha value is -2.49. The molecule has 0 aliphatic heterocycles. The van der Waals surface area contributed by atoms with E-state index in [4.69, 9.17) is 10.1 Å². The summed E-state index contributed by atoms with van der Waals surface area (Å²) in [5.41, 5.74) is 3.89. The molecule has 0 aliphatic carbocycles. The number of fused-ring (bicyclic) bond motifs is 1. The van der Waals surface area contributed by atoms with Gasteiger partial charge in [-0.2, -0.15) is 0 Å². The van der Waals surface area contributed by atoms with Gasteiger partial charge in [-0.3, -0.25) is 5.41 Å². The number of rotatable bonds is 6. The smallest absolute Gasteiger partial charge is 0.203 e. The number of aryl methyl sites for hydroxylation is 1. The molecule has 0 atom stereocenters. The molecule has 0 radical (unpaired) electrons. The van der Waals surface area contributed by atoms with Crippen LogP contribution in [0.1, 0.15) is 19.4 Å². The van der Waals surface area contributed by atoms with Gasteiger partial charge in [-0.05, 0) is 36.6 Å². The van der Waals surface area contributed by atoms with Crippen molar-refractivity contribution in [3.63, 3.8) is 0 Å². The van der Waals surface area contributed by atoms with Gasteiger partial charge in [0, 0.05) is 6.54 Å². The van der Waals surface area contributed by atoms with Crippen molar-refractivity contribution in [2.24, 2.45) is 5.92 Å². The molecule has 0 amide bonds. The van der Waals surface area contributed by atoms with Crippen molar-refractivity contribution < 1.29 is 4.74 Å². The molecule has 24 heavy (non-hydrogen) atoms. The van der Waals surface area contributed by atoms with Gasteiger partial charge in [-0.15, -0.1) is 0 Å². The topological polar surface area (TPSA) is 42.9 Å². The number of aromatic nitrogens is 2. The standard InChI is InChI=1S/C20H25N3O/c1-15(2)14-23-18-10-6-5-9-17(18)22(20(23)21)12-13-24-19-11-7-4-8-16(19)3/h4-11,15,21H,12-14H2,1-3H3. The van der Waals surface area contributed by atoms with Gasteiger partial charge in [0.1, 0.15) is 12.4 Å². The van der Waals surface area contributed by atoms with Crippen LogP contribution in [0.25, 0.3) is 11.0 Å². The lowest BCUT2D eigenvalue weighted by Crippen LogP contribution is -2.27. The second kappa shape index (κ2) is 6.95. The van der Waals surface area contributed by atoms with Crippen LogP contribution < -0.4 is 10.4 Å². The third kappa shape index (κ3) is 3.23. The highest BCUT2D eigenvalue weighted by Crippen LogP contribution is 2.17. The second-order valence-corrected chi connectivity index (χ2v) is 6.58. The molecule has 0 bridgehead atoms. The first-order valence-corrected chi connectivity index (χ1v) is 8.49. The van der Waals surface area contributed by atoms with Crippen molar-refractivity contribution in [2.45, 2.75) is 33.9 Å². The van der Waals surface area contributed by atoms with Gasteiger partial charge in [0.25, 0.3) is 0 Å². The summed E-state index contributed by atoms with van der Waals surface area (Å²) in [6.45, 7) is 8.48. The van der Waals surface area contributed by atoms with Crippen LogP contribution >= 0.6 is 0 Å². The molecule has 0 spiro atoms.